The Morgan fingerprint density at radius 3 is 2.77 bits per heavy atom. The molecule has 4 aromatic rings. The van der Waals surface area contributed by atoms with Crippen LogP contribution in [-0.4, -0.2) is 9.97 Å². The van der Waals surface area contributed by atoms with Gasteiger partial charge in [0.2, 0.25) is 0 Å². The van der Waals surface area contributed by atoms with Crippen molar-refractivity contribution in [2.75, 3.05) is 11.1 Å². The largest absolute Gasteiger partial charge is 0.463 e. The summed E-state index contributed by atoms with van der Waals surface area (Å²) >= 11 is 0. The minimum atomic E-state index is 0.310. The lowest BCUT2D eigenvalue weighted by Crippen LogP contribution is -2.06. The van der Waals surface area contributed by atoms with Crippen LogP contribution in [0.25, 0.3) is 22.4 Å². The summed E-state index contributed by atoms with van der Waals surface area (Å²) in [6.07, 6.45) is 1.54. The number of rotatable bonds is 4. The fourth-order valence-electron chi connectivity index (χ4n) is 2.80. The Balaban J connectivity index is 1.66. The van der Waals surface area contributed by atoms with Crippen LogP contribution in [-0.2, 0) is 6.54 Å². The summed E-state index contributed by atoms with van der Waals surface area (Å²) < 4.78 is 5.37. The van der Waals surface area contributed by atoms with Gasteiger partial charge in [-0.3, -0.25) is 4.98 Å². The molecule has 0 saturated carbocycles. The number of furan rings is 1. The third kappa shape index (κ3) is 2.94. The van der Waals surface area contributed by atoms with Gasteiger partial charge in [0.15, 0.2) is 5.76 Å². The van der Waals surface area contributed by atoms with Crippen LogP contribution in [0.15, 0.2) is 65.3 Å². The van der Waals surface area contributed by atoms with Crippen molar-refractivity contribution >= 4 is 22.4 Å². The molecule has 0 aliphatic carbocycles. The Kier molecular flexibility index (Phi) is 3.96. The molecule has 6 nitrogen and oxygen atoms in total. The highest BCUT2D eigenvalue weighted by molar-refractivity contribution is 5.78. The maximum absolute atomic E-state index is 9.60. The molecule has 4 rings (SSSR count). The van der Waals surface area contributed by atoms with Gasteiger partial charge in [0.05, 0.1) is 29.7 Å². The molecule has 0 fully saturated rings. The van der Waals surface area contributed by atoms with E-state index in [1.54, 1.807) is 18.2 Å². The second kappa shape index (κ2) is 6.57. The van der Waals surface area contributed by atoms with Crippen LogP contribution >= 0.6 is 0 Å². The van der Waals surface area contributed by atoms with Gasteiger partial charge in [-0.05, 0) is 24.3 Å². The van der Waals surface area contributed by atoms with E-state index in [2.05, 4.69) is 21.4 Å². The molecule has 0 aliphatic heterocycles. The van der Waals surface area contributed by atoms with Gasteiger partial charge < -0.3 is 15.5 Å². The summed E-state index contributed by atoms with van der Waals surface area (Å²) in [7, 11) is 0. The van der Waals surface area contributed by atoms with Gasteiger partial charge in [0.1, 0.15) is 23.1 Å². The van der Waals surface area contributed by atoms with E-state index in [0.717, 1.165) is 16.6 Å². The van der Waals surface area contributed by atoms with Crippen LogP contribution in [0.4, 0.5) is 11.5 Å². The molecule has 6 heteroatoms. The predicted octanol–water partition coefficient (Wildman–Crippen LogP) is 3.96. The molecule has 126 valence electrons. The van der Waals surface area contributed by atoms with Crippen LogP contribution in [0.5, 0.6) is 0 Å². The Hall–Kier alpha value is -3.85. The Morgan fingerprint density at radius 1 is 1.08 bits per heavy atom. The standard InChI is InChI=1S/C20H15N5O/c21-11-15-17(10-19(22)25-20(15)18-6-3-9-26-18)23-12-14-8-7-13-4-1-2-5-16(13)24-14/h1-10H,12H2,(H3,22,23,25). The number of nitrogens with one attached hydrogen (secondary N) is 1. The number of benzene rings is 1. The Morgan fingerprint density at radius 2 is 1.96 bits per heavy atom. The number of pyridine rings is 2. The zero-order valence-corrected chi connectivity index (χ0v) is 13.8. The molecule has 0 bridgehead atoms. The molecule has 3 aromatic heterocycles. The second-order valence-electron chi connectivity index (χ2n) is 5.76. The Bertz CT molecular complexity index is 1110. The Labute approximate surface area is 149 Å². The summed E-state index contributed by atoms with van der Waals surface area (Å²) in [6.45, 7) is 0.459. The number of para-hydroxylation sites is 1. The zero-order valence-electron chi connectivity index (χ0n) is 13.8. The van der Waals surface area contributed by atoms with E-state index in [0.29, 0.717) is 35.1 Å². The van der Waals surface area contributed by atoms with Crippen LogP contribution in [0, 0.1) is 11.3 Å². The fraction of sp³-hybridized carbons (Fsp3) is 0.0500. The SMILES string of the molecule is N#Cc1c(NCc2ccc3ccccc3n2)cc(N)nc1-c1ccco1. The summed E-state index contributed by atoms with van der Waals surface area (Å²) in [5.41, 5.74) is 9.11. The normalized spacial score (nSPS) is 10.6. The van der Waals surface area contributed by atoms with Crippen LogP contribution in [0.3, 0.4) is 0 Å². The smallest absolute Gasteiger partial charge is 0.153 e. The number of nitrogens with zero attached hydrogens (tertiary/aromatic N) is 3. The monoisotopic (exact) mass is 341 g/mol. The van der Waals surface area contributed by atoms with Crippen molar-refractivity contribution in [3.63, 3.8) is 0 Å². The minimum Gasteiger partial charge on any atom is -0.463 e. The van der Waals surface area contributed by atoms with E-state index in [-0.39, 0.29) is 0 Å². The molecular weight excluding hydrogens is 326 g/mol. The van der Waals surface area contributed by atoms with Crippen molar-refractivity contribution in [2.45, 2.75) is 6.54 Å². The number of aromatic nitrogens is 2. The van der Waals surface area contributed by atoms with Gasteiger partial charge in [-0.25, -0.2) is 4.98 Å². The van der Waals surface area contributed by atoms with Gasteiger partial charge >= 0.3 is 0 Å². The van der Waals surface area contributed by atoms with Crippen molar-refractivity contribution in [3.05, 3.63) is 72.1 Å². The van der Waals surface area contributed by atoms with E-state index in [4.69, 9.17) is 10.2 Å². The van der Waals surface area contributed by atoms with E-state index in [9.17, 15) is 5.26 Å². The average Bonchev–Trinajstić information content (AvgIpc) is 3.20. The number of hydrogen-bond donors (Lipinski definition) is 2. The second-order valence-corrected chi connectivity index (χ2v) is 5.76. The highest BCUT2D eigenvalue weighted by Crippen LogP contribution is 2.29. The molecule has 26 heavy (non-hydrogen) atoms. The molecule has 1 aromatic carbocycles. The number of nitriles is 1. The lowest BCUT2D eigenvalue weighted by Gasteiger charge is -2.11. The number of fused-ring (bicyclic) bond motifs is 1. The van der Waals surface area contributed by atoms with Crippen molar-refractivity contribution < 1.29 is 4.42 Å². The summed E-state index contributed by atoms with van der Waals surface area (Å²) in [5.74, 6) is 0.810. The number of nitrogen functional groups attached to an aromatic ring is 1. The van der Waals surface area contributed by atoms with Crippen molar-refractivity contribution in [2.24, 2.45) is 0 Å². The molecule has 3 N–H and O–H groups in total. The molecule has 0 amide bonds. The van der Waals surface area contributed by atoms with Crippen LogP contribution in [0.1, 0.15) is 11.3 Å². The van der Waals surface area contributed by atoms with Gasteiger partial charge in [0, 0.05) is 11.5 Å². The predicted molar refractivity (Wildman–Crippen MR) is 100 cm³/mol. The molecule has 0 radical (unpaired) electrons. The lowest BCUT2D eigenvalue weighted by molar-refractivity contribution is 0.580. The van der Waals surface area contributed by atoms with Gasteiger partial charge in [-0.1, -0.05) is 24.3 Å². The first-order valence-corrected chi connectivity index (χ1v) is 8.07. The van der Waals surface area contributed by atoms with E-state index < -0.39 is 0 Å². The molecule has 0 saturated heterocycles. The minimum absolute atomic E-state index is 0.310. The third-order valence-corrected chi connectivity index (χ3v) is 4.02. The summed E-state index contributed by atoms with van der Waals surface area (Å²) in [4.78, 5) is 8.88. The molecule has 0 unspecified atom stereocenters. The first kappa shape index (κ1) is 15.7. The van der Waals surface area contributed by atoms with Crippen molar-refractivity contribution in [3.8, 4) is 17.5 Å². The average molecular weight is 341 g/mol. The summed E-state index contributed by atoms with van der Waals surface area (Å²) in [6, 6.07) is 19.2. The number of nitrogens with two attached hydrogens (primary N) is 1. The van der Waals surface area contributed by atoms with E-state index in [1.165, 1.54) is 6.26 Å². The number of anilines is 2. The molecular formula is C20H15N5O. The van der Waals surface area contributed by atoms with Gasteiger partial charge in [0.25, 0.3) is 0 Å². The number of hydrogen-bond acceptors (Lipinski definition) is 6. The first-order valence-electron chi connectivity index (χ1n) is 8.07. The molecule has 0 atom stereocenters. The van der Waals surface area contributed by atoms with Gasteiger partial charge in [-0.15, -0.1) is 0 Å². The van der Waals surface area contributed by atoms with E-state index >= 15 is 0 Å². The van der Waals surface area contributed by atoms with Crippen LogP contribution in [0.2, 0.25) is 0 Å². The third-order valence-electron chi connectivity index (χ3n) is 4.02. The molecule has 0 aliphatic rings. The van der Waals surface area contributed by atoms with Crippen molar-refractivity contribution in [1.82, 2.24) is 9.97 Å². The highest BCUT2D eigenvalue weighted by Gasteiger charge is 2.15. The zero-order chi connectivity index (χ0) is 17.9. The highest BCUT2D eigenvalue weighted by atomic mass is 16.3. The van der Waals surface area contributed by atoms with E-state index in [1.807, 2.05) is 36.4 Å². The maximum atomic E-state index is 9.60. The summed E-state index contributed by atoms with van der Waals surface area (Å²) in [5, 5.41) is 13.9. The quantitative estimate of drug-likeness (QED) is 0.583. The topological polar surface area (TPSA) is 101 Å². The molecule has 0 spiro atoms. The molecule has 3 heterocycles. The van der Waals surface area contributed by atoms with Crippen molar-refractivity contribution in [1.29, 1.82) is 5.26 Å². The first-order chi connectivity index (χ1) is 12.7. The van der Waals surface area contributed by atoms with Crippen LogP contribution < -0.4 is 11.1 Å². The fourth-order valence-corrected chi connectivity index (χ4v) is 2.80. The lowest BCUT2D eigenvalue weighted by atomic mass is 10.1. The maximum Gasteiger partial charge on any atom is 0.153 e. The van der Waals surface area contributed by atoms with Gasteiger partial charge in [-0.2, -0.15) is 5.26 Å².